The Kier molecular flexibility index (Phi) is 2.52. The van der Waals surface area contributed by atoms with E-state index >= 15 is 0 Å². The Morgan fingerprint density at radius 1 is 1.26 bits per heavy atom. The summed E-state index contributed by atoms with van der Waals surface area (Å²) < 4.78 is 0. The van der Waals surface area contributed by atoms with Crippen LogP contribution in [0.1, 0.15) is 44.1 Å². The van der Waals surface area contributed by atoms with Gasteiger partial charge >= 0.3 is 0 Å². The number of aromatic nitrogens is 1. The normalized spacial score (nSPS) is 43.6. The van der Waals surface area contributed by atoms with Crippen molar-refractivity contribution in [3.05, 3.63) is 30.1 Å². The lowest BCUT2D eigenvalue weighted by Gasteiger charge is -2.60. The molecule has 1 aromatic heterocycles. The minimum absolute atomic E-state index is 0.189. The van der Waals surface area contributed by atoms with Crippen molar-refractivity contribution >= 4 is 0 Å². The molecule has 0 aromatic carbocycles. The first kappa shape index (κ1) is 11.9. The zero-order chi connectivity index (χ0) is 12.9. The van der Waals surface area contributed by atoms with E-state index in [9.17, 15) is 5.11 Å². The molecule has 4 bridgehead atoms. The molecular formula is C16H22N2O. The molecule has 1 heterocycles. The van der Waals surface area contributed by atoms with Crippen molar-refractivity contribution in [2.24, 2.45) is 11.8 Å². The summed E-state index contributed by atoms with van der Waals surface area (Å²) in [6.45, 7) is 0.878. The summed E-state index contributed by atoms with van der Waals surface area (Å²) in [6, 6.07) is 4.11. The number of nitrogens with one attached hydrogen (secondary N) is 1. The molecule has 0 aliphatic heterocycles. The van der Waals surface area contributed by atoms with Crippen LogP contribution in [-0.2, 0) is 6.54 Å². The van der Waals surface area contributed by atoms with Gasteiger partial charge in [-0.3, -0.25) is 4.98 Å². The molecule has 0 unspecified atom stereocenters. The van der Waals surface area contributed by atoms with Gasteiger partial charge in [0.1, 0.15) is 0 Å². The molecule has 4 aliphatic rings. The second-order valence-corrected chi connectivity index (χ2v) is 7.18. The van der Waals surface area contributed by atoms with Crippen molar-refractivity contribution in [3.63, 3.8) is 0 Å². The van der Waals surface area contributed by atoms with E-state index in [1.165, 1.54) is 24.8 Å². The Balaban J connectivity index is 1.51. The molecule has 3 nitrogen and oxygen atoms in total. The molecule has 2 atom stereocenters. The van der Waals surface area contributed by atoms with Gasteiger partial charge in [0, 0.05) is 24.5 Å². The van der Waals surface area contributed by atoms with E-state index in [0.717, 1.165) is 37.6 Å². The third kappa shape index (κ3) is 2.09. The highest BCUT2D eigenvalue weighted by Gasteiger charge is 2.56. The van der Waals surface area contributed by atoms with Crippen LogP contribution >= 0.6 is 0 Å². The van der Waals surface area contributed by atoms with Crippen molar-refractivity contribution in [1.82, 2.24) is 10.3 Å². The predicted octanol–water partition coefficient (Wildman–Crippen LogP) is 2.25. The fraction of sp³-hybridized carbons (Fsp3) is 0.688. The summed E-state index contributed by atoms with van der Waals surface area (Å²) in [4.78, 5) is 4.17. The zero-order valence-corrected chi connectivity index (χ0v) is 11.3. The van der Waals surface area contributed by atoms with E-state index in [4.69, 9.17) is 0 Å². The molecular weight excluding hydrogens is 236 g/mol. The average Bonchev–Trinajstić information content (AvgIpc) is 2.35. The van der Waals surface area contributed by atoms with E-state index in [1.54, 1.807) is 0 Å². The summed E-state index contributed by atoms with van der Waals surface area (Å²) in [6.07, 6.45) is 10.6. The topological polar surface area (TPSA) is 45.1 Å². The smallest absolute Gasteiger partial charge is 0.0670 e. The van der Waals surface area contributed by atoms with E-state index in [-0.39, 0.29) is 11.1 Å². The third-order valence-electron chi connectivity index (χ3n) is 5.42. The molecule has 102 valence electrons. The van der Waals surface area contributed by atoms with Crippen molar-refractivity contribution in [2.75, 3.05) is 0 Å². The van der Waals surface area contributed by atoms with Crippen LogP contribution in [0.4, 0.5) is 0 Å². The molecule has 0 saturated heterocycles. The molecule has 4 saturated carbocycles. The highest BCUT2D eigenvalue weighted by atomic mass is 16.3. The molecule has 2 N–H and O–H groups in total. The lowest BCUT2D eigenvalue weighted by atomic mass is 9.51. The van der Waals surface area contributed by atoms with E-state index in [0.29, 0.717) is 0 Å². The van der Waals surface area contributed by atoms with Crippen LogP contribution in [-0.4, -0.2) is 21.2 Å². The van der Waals surface area contributed by atoms with Crippen LogP contribution < -0.4 is 5.32 Å². The number of hydrogen-bond donors (Lipinski definition) is 2. The average molecular weight is 258 g/mol. The van der Waals surface area contributed by atoms with Crippen molar-refractivity contribution in [2.45, 2.75) is 56.2 Å². The molecule has 5 rings (SSSR count). The molecule has 0 radical (unpaired) electrons. The molecule has 0 spiro atoms. The van der Waals surface area contributed by atoms with Crippen LogP contribution in [0, 0.1) is 11.8 Å². The molecule has 4 fully saturated rings. The largest absolute Gasteiger partial charge is 0.390 e. The monoisotopic (exact) mass is 258 g/mol. The highest BCUT2D eigenvalue weighted by Crippen LogP contribution is 2.57. The summed E-state index contributed by atoms with van der Waals surface area (Å²) in [5.41, 5.74) is 1.06. The molecule has 0 amide bonds. The van der Waals surface area contributed by atoms with Crippen molar-refractivity contribution < 1.29 is 5.11 Å². The van der Waals surface area contributed by atoms with Gasteiger partial charge in [0.15, 0.2) is 0 Å². The second-order valence-electron chi connectivity index (χ2n) is 7.18. The van der Waals surface area contributed by atoms with E-state index in [1.807, 2.05) is 18.5 Å². The quantitative estimate of drug-likeness (QED) is 0.874. The summed E-state index contributed by atoms with van der Waals surface area (Å²) >= 11 is 0. The number of hydrogen-bond acceptors (Lipinski definition) is 3. The van der Waals surface area contributed by atoms with Gasteiger partial charge in [0.2, 0.25) is 0 Å². The first-order chi connectivity index (χ1) is 9.15. The van der Waals surface area contributed by atoms with Crippen molar-refractivity contribution in [1.29, 1.82) is 0 Å². The maximum Gasteiger partial charge on any atom is 0.0670 e. The highest BCUT2D eigenvalue weighted by molar-refractivity contribution is 5.14. The Labute approximate surface area is 114 Å². The Morgan fingerprint density at radius 3 is 2.68 bits per heavy atom. The number of rotatable bonds is 3. The molecule has 19 heavy (non-hydrogen) atoms. The van der Waals surface area contributed by atoms with Gasteiger partial charge in [0.05, 0.1) is 5.60 Å². The SMILES string of the molecule is OC12C[C@@H]3C[C@@H](C1)CC(NCc1cccnc1)(C3)C2. The van der Waals surface area contributed by atoms with Crippen LogP contribution in [0.25, 0.3) is 0 Å². The second kappa shape index (κ2) is 4.03. The first-order valence-corrected chi connectivity index (χ1v) is 7.51. The first-order valence-electron chi connectivity index (χ1n) is 7.51. The maximum absolute atomic E-state index is 10.7. The lowest BCUT2D eigenvalue weighted by Crippen LogP contribution is -2.64. The van der Waals surface area contributed by atoms with Crippen molar-refractivity contribution in [3.8, 4) is 0 Å². The van der Waals surface area contributed by atoms with Gasteiger partial charge < -0.3 is 10.4 Å². The molecule has 4 aliphatic carbocycles. The Morgan fingerprint density at radius 2 is 2.05 bits per heavy atom. The van der Waals surface area contributed by atoms with Crippen LogP contribution in [0.2, 0.25) is 0 Å². The van der Waals surface area contributed by atoms with Crippen LogP contribution in [0.3, 0.4) is 0 Å². The molecule has 3 heteroatoms. The van der Waals surface area contributed by atoms with Gasteiger partial charge in [0.25, 0.3) is 0 Å². The number of nitrogens with zero attached hydrogens (tertiary/aromatic N) is 1. The van der Waals surface area contributed by atoms with E-state index < -0.39 is 0 Å². The number of pyridine rings is 1. The predicted molar refractivity (Wildman–Crippen MR) is 73.4 cm³/mol. The summed E-state index contributed by atoms with van der Waals surface area (Å²) in [5, 5.41) is 14.5. The maximum atomic E-state index is 10.7. The standard InChI is InChI=1S/C16H22N2O/c19-16-7-13-4-14(8-16)6-15(5-13,11-16)18-10-12-2-1-3-17-9-12/h1-3,9,13-14,18-19H,4-8,10-11H2/t13-,14-,15?,16?/m1/s1. The van der Waals surface area contributed by atoms with E-state index in [2.05, 4.69) is 16.4 Å². The van der Waals surface area contributed by atoms with Crippen LogP contribution in [0.5, 0.6) is 0 Å². The van der Waals surface area contributed by atoms with Gasteiger partial charge in [-0.2, -0.15) is 0 Å². The third-order valence-corrected chi connectivity index (χ3v) is 5.42. The lowest BCUT2D eigenvalue weighted by molar-refractivity contribution is -0.142. The van der Waals surface area contributed by atoms with Gasteiger partial charge in [-0.15, -0.1) is 0 Å². The fourth-order valence-corrected chi connectivity index (χ4v) is 5.21. The summed E-state index contributed by atoms with van der Waals surface area (Å²) in [5.74, 6) is 1.49. The summed E-state index contributed by atoms with van der Waals surface area (Å²) in [7, 11) is 0. The minimum atomic E-state index is -0.369. The Hall–Kier alpha value is -0.930. The van der Waals surface area contributed by atoms with Crippen LogP contribution in [0.15, 0.2) is 24.5 Å². The fourth-order valence-electron chi connectivity index (χ4n) is 5.21. The minimum Gasteiger partial charge on any atom is -0.390 e. The van der Waals surface area contributed by atoms with Gasteiger partial charge in [-0.1, -0.05) is 6.07 Å². The van der Waals surface area contributed by atoms with Gasteiger partial charge in [-0.25, -0.2) is 0 Å². The number of aliphatic hydroxyl groups is 1. The zero-order valence-electron chi connectivity index (χ0n) is 11.3. The Bertz CT molecular complexity index is 459. The van der Waals surface area contributed by atoms with Gasteiger partial charge in [-0.05, 0) is 62.0 Å². The molecule has 1 aromatic rings.